The highest BCUT2D eigenvalue weighted by Gasteiger charge is 2.06. The predicted molar refractivity (Wildman–Crippen MR) is 55.8 cm³/mol. The van der Waals surface area contributed by atoms with Crippen molar-refractivity contribution < 1.29 is 4.42 Å². The summed E-state index contributed by atoms with van der Waals surface area (Å²) in [6.45, 7) is 0.741. The van der Waals surface area contributed by atoms with E-state index in [0.717, 1.165) is 31.6 Å². The lowest BCUT2D eigenvalue weighted by atomic mass is 10.1. The Morgan fingerprint density at radius 3 is 2.69 bits per heavy atom. The number of halogens is 1. The fourth-order valence-corrected chi connectivity index (χ4v) is 1.15. The minimum Gasteiger partial charge on any atom is -0.468 e. The van der Waals surface area contributed by atoms with Crippen molar-refractivity contribution in [3.8, 4) is 0 Å². The molecule has 0 aliphatic rings. The molecule has 0 unspecified atom stereocenters. The average molecular weight is 205 g/mol. The third-order valence-corrected chi connectivity index (χ3v) is 1.88. The molecule has 13 heavy (non-hydrogen) atoms. The molecule has 76 valence electrons. The molecule has 0 saturated heterocycles. The third-order valence-electron chi connectivity index (χ3n) is 1.88. The van der Waals surface area contributed by atoms with Gasteiger partial charge in [-0.05, 0) is 31.5 Å². The molecule has 1 atom stereocenters. The Labute approximate surface area is 84.9 Å². The van der Waals surface area contributed by atoms with Crippen LogP contribution in [0.1, 0.15) is 31.1 Å². The molecular weight excluding hydrogens is 188 g/mol. The molecule has 1 aromatic rings. The van der Waals surface area contributed by atoms with Gasteiger partial charge >= 0.3 is 0 Å². The van der Waals surface area contributed by atoms with Crippen LogP contribution < -0.4 is 11.5 Å². The van der Waals surface area contributed by atoms with E-state index < -0.39 is 0 Å². The van der Waals surface area contributed by atoms with Gasteiger partial charge in [-0.3, -0.25) is 0 Å². The number of rotatable bonds is 5. The molecule has 4 N–H and O–H groups in total. The highest BCUT2D eigenvalue weighted by atomic mass is 35.5. The monoisotopic (exact) mass is 204 g/mol. The van der Waals surface area contributed by atoms with Crippen molar-refractivity contribution >= 4 is 12.4 Å². The van der Waals surface area contributed by atoms with Gasteiger partial charge < -0.3 is 15.9 Å². The smallest absolute Gasteiger partial charge is 0.120 e. The van der Waals surface area contributed by atoms with Gasteiger partial charge in [0, 0.05) is 0 Å². The number of unbranched alkanes of at least 4 members (excludes halogenated alkanes) is 1. The zero-order valence-corrected chi connectivity index (χ0v) is 8.43. The molecule has 0 aliphatic heterocycles. The van der Waals surface area contributed by atoms with Crippen LogP contribution in [0.5, 0.6) is 0 Å². The summed E-state index contributed by atoms with van der Waals surface area (Å²) in [6.07, 6.45) is 4.70. The van der Waals surface area contributed by atoms with Gasteiger partial charge in [-0.25, -0.2) is 0 Å². The topological polar surface area (TPSA) is 65.2 Å². The van der Waals surface area contributed by atoms with Crippen molar-refractivity contribution in [3.63, 3.8) is 0 Å². The molecule has 0 radical (unpaired) electrons. The van der Waals surface area contributed by atoms with Gasteiger partial charge in [0.1, 0.15) is 5.76 Å². The number of furan rings is 1. The molecule has 1 rings (SSSR count). The van der Waals surface area contributed by atoms with Gasteiger partial charge in [-0.1, -0.05) is 6.42 Å². The number of hydrogen-bond donors (Lipinski definition) is 2. The van der Waals surface area contributed by atoms with Crippen LogP contribution in [0.25, 0.3) is 0 Å². The van der Waals surface area contributed by atoms with Crippen LogP contribution in [0, 0.1) is 0 Å². The van der Waals surface area contributed by atoms with Gasteiger partial charge in [0.05, 0.1) is 12.3 Å². The Kier molecular flexibility index (Phi) is 6.68. The van der Waals surface area contributed by atoms with E-state index in [1.807, 2.05) is 12.1 Å². The Morgan fingerprint density at radius 1 is 1.38 bits per heavy atom. The second kappa shape index (κ2) is 6.95. The molecule has 4 heteroatoms. The van der Waals surface area contributed by atoms with Crippen molar-refractivity contribution in [1.82, 2.24) is 0 Å². The maximum Gasteiger partial charge on any atom is 0.120 e. The highest BCUT2D eigenvalue weighted by Crippen LogP contribution is 2.16. The van der Waals surface area contributed by atoms with Crippen LogP contribution >= 0.6 is 12.4 Å². The first-order chi connectivity index (χ1) is 5.84. The molecule has 3 nitrogen and oxygen atoms in total. The second-order valence-corrected chi connectivity index (χ2v) is 2.91. The molecule has 0 amide bonds. The number of hydrogen-bond acceptors (Lipinski definition) is 3. The zero-order chi connectivity index (χ0) is 8.81. The summed E-state index contributed by atoms with van der Waals surface area (Å²) in [5, 5.41) is 0. The molecule has 1 aromatic heterocycles. The molecule has 0 aromatic carbocycles. The first-order valence-electron chi connectivity index (χ1n) is 4.33. The SMILES string of the molecule is Cl.NCCCC[C@@H](N)c1ccco1. The van der Waals surface area contributed by atoms with E-state index >= 15 is 0 Å². The summed E-state index contributed by atoms with van der Waals surface area (Å²) in [4.78, 5) is 0. The van der Waals surface area contributed by atoms with E-state index in [4.69, 9.17) is 15.9 Å². The molecule has 0 saturated carbocycles. The summed E-state index contributed by atoms with van der Waals surface area (Å²) in [5.74, 6) is 0.868. The van der Waals surface area contributed by atoms with Gasteiger partial charge in [-0.2, -0.15) is 0 Å². The van der Waals surface area contributed by atoms with E-state index in [9.17, 15) is 0 Å². The average Bonchev–Trinajstić information content (AvgIpc) is 2.56. The lowest BCUT2D eigenvalue weighted by molar-refractivity contribution is 0.443. The van der Waals surface area contributed by atoms with E-state index in [2.05, 4.69) is 0 Å². The van der Waals surface area contributed by atoms with Gasteiger partial charge in [0.25, 0.3) is 0 Å². The Bertz CT molecular complexity index is 201. The largest absolute Gasteiger partial charge is 0.468 e. The van der Waals surface area contributed by atoms with Crippen LogP contribution in [0.4, 0.5) is 0 Å². The molecule has 0 bridgehead atoms. The van der Waals surface area contributed by atoms with E-state index in [0.29, 0.717) is 0 Å². The lowest BCUT2D eigenvalue weighted by Gasteiger charge is -2.06. The zero-order valence-electron chi connectivity index (χ0n) is 7.61. The van der Waals surface area contributed by atoms with Gasteiger partial charge in [-0.15, -0.1) is 12.4 Å². The molecule has 1 heterocycles. The van der Waals surface area contributed by atoms with Crippen LogP contribution in [-0.4, -0.2) is 6.54 Å². The molecular formula is C9H17ClN2O. The van der Waals surface area contributed by atoms with E-state index in [1.54, 1.807) is 6.26 Å². The molecule has 0 aliphatic carbocycles. The van der Waals surface area contributed by atoms with Gasteiger partial charge in [0.15, 0.2) is 0 Å². The van der Waals surface area contributed by atoms with Crippen molar-refractivity contribution in [2.24, 2.45) is 11.5 Å². The predicted octanol–water partition coefficient (Wildman–Crippen LogP) is 1.83. The maximum atomic E-state index is 5.85. The van der Waals surface area contributed by atoms with Gasteiger partial charge in [0.2, 0.25) is 0 Å². The summed E-state index contributed by atoms with van der Waals surface area (Å²) in [7, 11) is 0. The van der Waals surface area contributed by atoms with Crippen molar-refractivity contribution in [3.05, 3.63) is 24.2 Å². The minimum atomic E-state index is 0. The number of nitrogens with two attached hydrogens (primary N) is 2. The lowest BCUT2D eigenvalue weighted by Crippen LogP contribution is -2.10. The van der Waals surface area contributed by atoms with Crippen molar-refractivity contribution in [2.45, 2.75) is 25.3 Å². The van der Waals surface area contributed by atoms with E-state index in [-0.39, 0.29) is 18.4 Å². The molecule has 0 spiro atoms. The van der Waals surface area contributed by atoms with Crippen LogP contribution in [0.2, 0.25) is 0 Å². The quantitative estimate of drug-likeness (QED) is 0.720. The molecule has 0 fully saturated rings. The Hall–Kier alpha value is -0.510. The van der Waals surface area contributed by atoms with Crippen molar-refractivity contribution in [2.75, 3.05) is 6.54 Å². The first-order valence-corrected chi connectivity index (χ1v) is 4.33. The Morgan fingerprint density at radius 2 is 2.15 bits per heavy atom. The highest BCUT2D eigenvalue weighted by molar-refractivity contribution is 5.85. The fourth-order valence-electron chi connectivity index (χ4n) is 1.15. The summed E-state index contributed by atoms with van der Waals surface area (Å²) < 4.78 is 5.17. The van der Waals surface area contributed by atoms with E-state index in [1.165, 1.54) is 0 Å². The normalized spacial score (nSPS) is 12.2. The summed E-state index contributed by atoms with van der Waals surface area (Å²) in [5.41, 5.74) is 11.2. The fraction of sp³-hybridized carbons (Fsp3) is 0.556. The maximum absolute atomic E-state index is 5.85. The first kappa shape index (κ1) is 12.5. The summed E-state index contributed by atoms with van der Waals surface area (Å²) >= 11 is 0. The summed E-state index contributed by atoms with van der Waals surface area (Å²) in [6, 6.07) is 3.80. The van der Waals surface area contributed by atoms with Crippen LogP contribution in [0.3, 0.4) is 0 Å². The second-order valence-electron chi connectivity index (χ2n) is 2.91. The standard InChI is InChI=1S/C9H16N2O.ClH/c10-6-2-1-4-8(11)9-5-3-7-12-9;/h3,5,7-8H,1-2,4,6,10-11H2;1H/t8-;/m1./s1. The third kappa shape index (κ3) is 4.31. The Balaban J connectivity index is 0.00000144. The van der Waals surface area contributed by atoms with Crippen LogP contribution in [-0.2, 0) is 0 Å². The van der Waals surface area contributed by atoms with Crippen LogP contribution in [0.15, 0.2) is 22.8 Å². The minimum absolute atomic E-state index is 0. The van der Waals surface area contributed by atoms with Crippen molar-refractivity contribution in [1.29, 1.82) is 0 Å².